The Kier molecular flexibility index (Phi) is 5.80. The summed E-state index contributed by atoms with van der Waals surface area (Å²) in [6.45, 7) is 2.01. The van der Waals surface area contributed by atoms with E-state index in [-0.39, 0.29) is 11.9 Å². The molecule has 3 aromatic rings. The minimum absolute atomic E-state index is 0.283. The molecule has 0 heterocycles. The largest absolute Gasteiger partial charge is 0.341 e. The number of carbonyl (C=O) groups is 1. The van der Waals surface area contributed by atoms with Crippen molar-refractivity contribution >= 4 is 21.6 Å². The molecule has 0 aliphatic carbocycles. The number of nitrogens with one attached hydrogen (secondary N) is 2. The first-order valence-electron chi connectivity index (χ1n) is 8.83. The van der Waals surface area contributed by atoms with E-state index in [4.69, 9.17) is 0 Å². The zero-order valence-corrected chi connectivity index (χ0v) is 16.5. The second-order valence-electron chi connectivity index (χ2n) is 6.63. The molecule has 0 unspecified atom stereocenters. The van der Waals surface area contributed by atoms with Crippen LogP contribution in [0.25, 0.3) is 0 Å². The number of hydrogen-bond donors (Lipinski definition) is 2. The molecule has 0 spiro atoms. The molecule has 0 aliphatic rings. The van der Waals surface area contributed by atoms with Gasteiger partial charge in [-0.2, -0.15) is 0 Å². The second-order valence-corrected chi connectivity index (χ2v) is 8.38. The van der Waals surface area contributed by atoms with Crippen LogP contribution in [0.3, 0.4) is 0 Å². The first-order chi connectivity index (χ1) is 13.3. The Bertz CT molecular complexity index is 1080. The van der Waals surface area contributed by atoms with Crippen LogP contribution in [-0.2, 0) is 10.0 Å². The van der Waals surface area contributed by atoms with Crippen molar-refractivity contribution in [3.63, 3.8) is 0 Å². The second kappa shape index (κ2) is 8.27. The van der Waals surface area contributed by atoms with E-state index in [0.29, 0.717) is 11.3 Å². The summed E-state index contributed by atoms with van der Waals surface area (Å²) in [4.78, 5) is 12.9. The van der Waals surface area contributed by atoms with Crippen LogP contribution in [0.5, 0.6) is 0 Å². The molecular weight excluding hydrogens is 372 g/mol. The number of rotatable bonds is 6. The van der Waals surface area contributed by atoms with E-state index in [1.54, 1.807) is 18.2 Å². The molecule has 5 nitrogen and oxygen atoms in total. The van der Waals surface area contributed by atoms with Crippen LogP contribution >= 0.6 is 0 Å². The zero-order valence-electron chi connectivity index (χ0n) is 15.7. The molecular formula is C22H22N2O3S. The van der Waals surface area contributed by atoms with Gasteiger partial charge in [0.1, 0.15) is 0 Å². The van der Waals surface area contributed by atoms with Crippen molar-refractivity contribution < 1.29 is 13.2 Å². The van der Waals surface area contributed by atoms with Gasteiger partial charge in [0, 0.05) is 11.3 Å². The molecule has 0 aliphatic heterocycles. The lowest BCUT2D eigenvalue weighted by molar-refractivity contribution is 0.0943. The fraction of sp³-hybridized carbons (Fsp3) is 0.136. The van der Waals surface area contributed by atoms with Crippen LogP contribution in [0.4, 0.5) is 5.69 Å². The summed E-state index contributed by atoms with van der Waals surface area (Å²) in [7, 11) is -3.42. The minimum atomic E-state index is -3.42. The molecule has 144 valence electrons. The van der Waals surface area contributed by atoms with Crippen molar-refractivity contribution in [3.8, 4) is 0 Å². The molecule has 0 saturated heterocycles. The van der Waals surface area contributed by atoms with Gasteiger partial charge >= 0.3 is 0 Å². The summed E-state index contributed by atoms with van der Waals surface area (Å²) in [5, 5.41) is 3.08. The van der Waals surface area contributed by atoms with Gasteiger partial charge in [-0.15, -0.1) is 0 Å². The van der Waals surface area contributed by atoms with E-state index in [2.05, 4.69) is 10.0 Å². The van der Waals surface area contributed by atoms with Crippen molar-refractivity contribution in [2.24, 2.45) is 0 Å². The van der Waals surface area contributed by atoms with Crippen LogP contribution in [-0.4, -0.2) is 20.6 Å². The van der Waals surface area contributed by atoms with E-state index < -0.39 is 10.0 Å². The number of benzene rings is 3. The van der Waals surface area contributed by atoms with Crippen LogP contribution in [0, 0.1) is 6.92 Å². The number of sulfonamides is 1. The lowest BCUT2D eigenvalue weighted by Crippen LogP contribution is -2.29. The molecule has 0 aromatic heterocycles. The third kappa shape index (κ3) is 4.98. The molecule has 3 rings (SSSR count). The van der Waals surface area contributed by atoms with Crippen molar-refractivity contribution in [1.82, 2.24) is 5.32 Å². The van der Waals surface area contributed by atoms with Crippen LogP contribution in [0.2, 0.25) is 0 Å². The summed E-state index contributed by atoms with van der Waals surface area (Å²) in [5.74, 6) is -0.283. The number of amides is 1. The molecule has 2 N–H and O–H groups in total. The van der Waals surface area contributed by atoms with Gasteiger partial charge in [-0.05, 0) is 41.8 Å². The van der Waals surface area contributed by atoms with Crippen molar-refractivity contribution in [2.45, 2.75) is 13.0 Å². The van der Waals surface area contributed by atoms with Crippen LogP contribution in [0.15, 0.2) is 78.9 Å². The van der Waals surface area contributed by atoms with E-state index >= 15 is 0 Å². The third-order valence-electron chi connectivity index (χ3n) is 4.34. The third-order valence-corrected chi connectivity index (χ3v) is 4.94. The van der Waals surface area contributed by atoms with Crippen molar-refractivity contribution in [3.05, 3.63) is 101 Å². The van der Waals surface area contributed by atoms with E-state index in [0.717, 1.165) is 22.9 Å². The van der Waals surface area contributed by atoms with Crippen LogP contribution < -0.4 is 10.0 Å². The Morgan fingerprint density at radius 3 is 2.25 bits per heavy atom. The summed E-state index contributed by atoms with van der Waals surface area (Å²) < 4.78 is 25.3. The van der Waals surface area contributed by atoms with Gasteiger partial charge in [0.15, 0.2) is 0 Å². The van der Waals surface area contributed by atoms with E-state index in [1.165, 1.54) is 6.07 Å². The summed E-state index contributed by atoms with van der Waals surface area (Å²) in [6, 6.07) is 23.8. The minimum Gasteiger partial charge on any atom is -0.341 e. The first kappa shape index (κ1) is 19.6. The summed E-state index contributed by atoms with van der Waals surface area (Å²) in [6.07, 6.45) is 1.07. The van der Waals surface area contributed by atoms with Crippen LogP contribution in [0.1, 0.15) is 33.1 Å². The SMILES string of the molecule is Cc1ccccc1[C@@H](NC(=O)c1cccc(NS(C)(=O)=O)c1)c1ccccc1. The van der Waals surface area contributed by atoms with Gasteiger partial charge in [-0.3, -0.25) is 9.52 Å². The highest BCUT2D eigenvalue weighted by molar-refractivity contribution is 7.92. The zero-order chi connectivity index (χ0) is 20.1. The van der Waals surface area contributed by atoms with Crippen molar-refractivity contribution in [1.29, 1.82) is 0 Å². The Morgan fingerprint density at radius 2 is 1.57 bits per heavy atom. The number of carbonyl (C=O) groups excluding carboxylic acids is 1. The number of aryl methyl sites for hydroxylation is 1. The predicted molar refractivity (Wildman–Crippen MR) is 112 cm³/mol. The summed E-state index contributed by atoms with van der Waals surface area (Å²) >= 11 is 0. The van der Waals surface area contributed by atoms with E-state index in [1.807, 2.05) is 61.5 Å². The highest BCUT2D eigenvalue weighted by atomic mass is 32.2. The van der Waals surface area contributed by atoms with Gasteiger partial charge in [0.25, 0.3) is 5.91 Å². The molecule has 28 heavy (non-hydrogen) atoms. The average molecular weight is 394 g/mol. The highest BCUT2D eigenvalue weighted by Gasteiger charge is 2.19. The molecule has 1 amide bonds. The van der Waals surface area contributed by atoms with Gasteiger partial charge in [0.05, 0.1) is 12.3 Å². The Labute approximate surface area is 165 Å². The van der Waals surface area contributed by atoms with Crippen molar-refractivity contribution in [2.75, 3.05) is 11.0 Å². The predicted octanol–water partition coefficient (Wildman–Crippen LogP) is 3.89. The highest BCUT2D eigenvalue weighted by Crippen LogP contribution is 2.25. The topological polar surface area (TPSA) is 75.3 Å². The van der Waals surface area contributed by atoms with Gasteiger partial charge < -0.3 is 5.32 Å². The molecule has 0 bridgehead atoms. The maximum Gasteiger partial charge on any atom is 0.252 e. The Morgan fingerprint density at radius 1 is 0.893 bits per heavy atom. The molecule has 6 heteroatoms. The molecule has 0 saturated carbocycles. The molecule has 0 radical (unpaired) electrons. The normalized spacial score (nSPS) is 12.2. The van der Waals surface area contributed by atoms with Gasteiger partial charge in [0.2, 0.25) is 10.0 Å². The molecule has 0 fully saturated rings. The number of hydrogen-bond acceptors (Lipinski definition) is 3. The van der Waals surface area contributed by atoms with E-state index in [9.17, 15) is 13.2 Å². The monoisotopic (exact) mass is 394 g/mol. The Balaban J connectivity index is 1.92. The fourth-order valence-corrected chi connectivity index (χ4v) is 3.60. The Hall–Kier alpha value is -3.12. The maximum atomic E-state index is 12.9. The standard InChI is InChI=1S/C22H22N2O3S/c1-16-9-6-7-14-20(16)21(17-10-4-3-5-11-17)23-22(25)18-12-8-13-19(15-18)24-28(2,26)27/h3-15,21,24H,1-2H3,(H,23,25)/t21-/m0/s1. The fourth-order valence-electron chi connectivity index (χ4n) is 3.05. The first-order valence-corrected chi connectivity index (χ1v) is 10.7. The smallest absolute Gasteiger partial charge is 0.252 e. The summed E-state index contributed by atoms with van der Waals surface area (Å²) in [5.41, 5.74) is 3.78. The van der Waals surface area contributed by atoms with Gasteiger partial charge in [-0.25, -0.2) is 8.42 Å². The molecule has 3 aromatic carbocycles. The lowest BCUT2D eigenvalue weighted by Gasteiger charge is -2.22. The average Bonchev–Trinajstić information content (AvgIpc) is 2.66. The maximum absolute atomic E-state index is 12.9. The number of anilines is 1. The molecule has 1 atom stereocenters. The quantitative estimate of drug-likeness (QED) is 0.666. The lowest BCUT2D eigenvalue weighted by atomic mass is 9.94. The van der Waals surface area contributed by atoms with Gasteiger partial charge in [-0.1, -0.05) is 60.7 Å².